The van der Waals surface area contributed by atoms with E-state index in [1.807, 2.05) is 0 Å². The number of hydrogen-bond acceptors (Lipinski definition) is 6. The highest BCUT2D eigenvalue weighted by atomic mass is 19.4. The summed E-state index contributed by atoms with van der Waals surface area (Å²) in [6, 6.07) is 0. The van der Waals surface area contributed by atoms with Gasteiger partial charge in [0.2, 0.25) is 5.90 Å². The lowest BCUT2D eigenvalue weighted by atomic mass is 9.87. The standard InChI is InChI=1S/C14H21F3N2O5/c1-6-22-9-13(14(15,16)17,10(20)24-12(3,4)5)8-19(18-9)11(21)23-7-2/h6-8H2,1-5H3. The molecule has 0 radical (unpaired) electrons. The lowest BCUT2D eigenvalue weighted by Gasteiger charge is -2.32. The van der Waals surface area contributed by atoms with Crippen LogP contribution in [0.1, 0.15) is 34.6 Å². The molecule has 10 heteroatoms. The summed E-state index contributed by atoms with van der Waals surface area (Å²) in [4.78, 5) is 24.1. The summed E-state index contributed by atoms with van der Waals surface area (Å²) in [5.74, 6) is -2.51. The highest BCUT2D eigenvalue weighted by Gasteiger charge is 2.71. The van der Waals surface area contributed by atoms with E-state index < -0.39 is 41.7 Å². The van der Waals surface area contributed by atoms with E-state index in [1.54, 1.807) is 0 Å². The van der Waals surface area contributed by atoms with Crippen molar-refractivity contribution >= 4 is 18.0 Å². The van der Waals surface area contributed by atoms with Gasteiger partial charge in [-0.2, -0.15) is 18.2 Å². The first-order chi connectivity index (χ1) is 10.9. The monoisotopic (exact) mass is 354 g/mol. The number of rotatable bonds is 3. The molecule has 1 heterocycles. The molecule has 1 amide bonds. The second kappa shape index (κ2) is 6.86. The number of carbonyl (C=O) groups is 2. The van der Waals surface area contributed by atoms with Crippen LogP contribution in [0.4, 0.5) is 18.0 Å². The van der Waals surface area contributed by atoms with Crippen LogP contribution in [0.15, 0.2) is 5.10 Å². The fourth-order valence-corrected chi connectivity index (χ4v) is 1.96. The van der Waals surface area contributed by atoms with Crippen molar-refractivity contribution in [3.05, 3.63) is 0 Å². The molecule has 1 unspecified atom stereocenters. The van der Waals surface area contributed by atoms with Crippen molar-refractivity contribution in [2.24, 2.45) is 10.5 Å². The van der Waals surface area contributed by atoms with Gasteiger partial charge in [-0.1, -0.05) is 0 Å². The molecule has 138 valence electrons. The number of hydrazone groups is 1. The molecule has 0 saturated carbocycles. The molecule has 0 saturated heterocycles. The van der Waals surface area contributed by atoms with Gasteiger partial charge in [-0.3, -0.25) is 4.79 Å². The maximum absolute atomic E-state index is 13.8. The minimum absolute atomic E-state index is 0.0553. The molecule has 1 aliphatic heterocycles. The summed E-state index contributed by atoms with van der Waals surface area (Å²) in [5.41, 5.74) is -4.35. The average Bonchev–Trinajstić information content (AvgIpc) is 2.78. The number of ether oxygens (including phenoxy) is 3. The minimum Gasteiger partial charge on any atom is -0.479 e. The molecule has 24 heavy (non-hydrogen) atoms. The number of amides is 1. The van der Waals surface area contributed by atoms with E-state index in [4.69, 9.17) is 9.47 Å². The Balaban J connectivity index is 3.34. The maximum atomic E-state index is 13.8. The van der Waals surface area contributed by atoms with Crippen LogP contribution in [-0.4, -0.2) is 54.5 Å². The first-order valence-electron chi connectivity index (χ1n) is 7.35. The summed E-state index contributed by atoms with van der Waals surface area (Å²) >= 11 is 0. The van der Waals surface area contributed by atoms with Crippen molar-refractivity contribution in [1.29, 1.82) is 0 Å². The predicted molar refractivity (Wildman–Crippen MR) is 77.1 cm³/mol. The SMILES string of the molecule is CCOC(=O)N1CC(C(=O)OC(C)(C)C)(C(F)(F)F)C(OCC)=N1. The molecule has 1 atom stereocenters. The Labute approximate surface area is 137 Å². The van der Waals surface area contributed by atoms with Gasteiger partial charge < -0.3 is 14.2 Å². The lowest BCUT2D eigenvalue weighted by molar-refractivity contribution is -0.223. The Bertz CT molecular complexity index is 527. The molecular weight excluding hydrogens is 333 g/mol. The number of hydrogen-bond donors (Lipinski definition) is 0. The molecular formula is C14H21F3N2O5. The molecule has 0 aromatic heterocycles. The van der Waals surface area contributed by atoms with Gasteiger partial charge in [0, 0.05) is 0 Å². The second-order valence-corrected chi connectivity index (χ2v) is 6.00. The van der Waals surface area contributed by atoms with Crippen LogP contribution in [-0.2, 0) is 19.0 Å². The van der Waals surface area contributed by atoms with Crippen molar-refractivity contribution in [3.63, 3.8) is 0 Å². The van der Waals surface area contributed by atoms with Crippen molar-refractivity contribution in [1.82, 2.24) is 5.01 Å². The Kier molecular flexibility index (Phi) is 5.73. The third-order valence-electron chi connectivity index (χ3n) is 2.95. The van der Waals surface area contributed by atoms with Crippen molar-refractivity contribution in [2.45, 2.75) is 46.4 Å². The Morgan fingerprint density at radius 3 is 2.21 bits per heavy atom. The topological polar surface area (TPSA) is 77.4 Å². The summed E-state index contributed by atoms with van der Waals surface area (Å²) in [6.45, 7) is 5.91. The van der Waals surface area contributed by atoms with Gasteiger partial charge in [0.05, 0.1) is 19.8 Å². The van der Waals surface area contributed by atoms with Crippen molar-refractivity contribution in [3.8, 4) is 0 Å². The van der Waals surface area contributed by atoms with E-state index in [0.717, 1.165) is 0 Å². The van der Waals surface area contributed by atoms with Crippen LogP contribution in [0.2, 0.25) is 0 Å². The molecule has 1 rings (SSSR count). The highest BCUT2D eigenvalue weighted by Crippen LogP contribution is 2.45. The highest BCUT2D eigenvalue weighted by molar-refractivity contribution is 6.06. The van der Waals surface area contributed by atoms with E-state index in [9.17, 15) is 22.8 Å². The van der Waals surface area contributed by atoms with Crippen LogP contribution < -0.4 is 0 Å². The van der Waals surface area contributed by atoms with Crippen LogP contribution in [0.3, 0.4) is 0 Å². The number of nitrogens with zero attached hydrogens (tertiary/aromatic N) is 2. The third kappa shape index (κ3) is 3.90. The Hall–Kier alpha value is -2.00. The smallest absolute Gasteiger partial charge is 0.430 e. The van der Waals surface area contributed by atoms with Gasteiger partial charge in [0.15, 0.2) is 0 Å². The van der Waals surface area contributed by atoms with Gasteiger partial charge in [-0.25, -0.2) is 4.79 Å². The molecule has 0 fully saturated rings. The summed E-state index contributed by atoms with van der Waals surface area (Å²) in [6.07, 6.45) is -6.19. The molecule has 7 nitrogen and oxygen atoms in total. The van der Waals surface area contributed by atoms with Gasteiger partial charge >= 0.3 is 18.2 Å². The zero-order valence-electron chi connectivity index (χ0n) is 14.2. The van der Waals surface area contributed by atoms with Gasteiger partial charge in [0.1, 0.15) is 5.60 Å². The van der Waals surface area contributed by atoms with Gasteiger partial charge in [0.25, 0.3) is 5.41 Å². The number of esters is 1. The summed E-state index contributed by atoms with van der Waals surface area (Å²) in [5, 5.41) is 3.92. The van der Waals surface area contributed by atoms with E-state index >= 15 is 0 Å². The number of alkyl halides is 3. The van der Waals surface area contributed by atoms with E-state index in [-0.39, 0.29) is 13.2 Å². The molecule has 0 aliphatic carbocycles. The lowest BCUT2D eigenvalue weighted by Crippen LogP contribution is -2.56. The normalized spacial score (nSPS) is 21.3. The van der Waals surface area contributed by atoms with Crippen molar-refractivity contribution in [2.75, 3.05) is 19.8 Å². The first-order valence-corrected chi connectivity index (χ1v) is 7.35. The largest absolute Gasteiger partial charge is 0.479 e. The average molecular weight is 354 g/mol. The fraction of sp³-hybridized carbons (Fsp3) is 0.786. The Morgan fingerprint density at radius 2 is 1.79 bits per heavy atom. The molecule has 0 N–H and O–H groups in total. The predicted octanol–water partition coefficient (Wildman–Crippen LogP) is 2.70. The van der Waals surface area contributed by atoms with Crippen LogP contribution in [0.5, 0.6) is 0 Å². The number of carbonyl (C=O) groups excluding carboxylic acids is 2. The number of halogens is 3. The fourth-order valence-electron chi connectivity index (χ4n) is 1.96. The third-order valence-corrected chi connectivity index (χ3v) is 2.95. The quantitative estimate of drug-likeness (QED) is 0.728. The van der Waals surface area contributed by atoms with Gasteiger partial charge in [-0.05, 0) is 34.6 Å². The first kappa shape index (κ1) is 20.0. The Morgan fingerprint density at radius 1 is 1.21 bits per heavy atom. The zero-order chi connectivity index (χ0) is 18.8. The van der Waals surface area contributed by atoms with Crippen LogP contribution >= 0.6 is 0 Å². The zero-order valence-corrected chi connectivity index (χ0v) is 14.2. The van der Waals surface area contributed by atoms with Gasteiger partial charge in [-0.15, -0.1) is 5.10 Å². The van der Waals surface area contributed by atoms with E-state index in [0.29, 0.717) is 5.01 Å². The molecule has 0 spiro atoms. The second-order valence-electron chi connectivity index (χ2n) is 6.00. The van der Waals surface area contributed by atoms with Crippen LogP contribution in [0, 0.1) is 5.41 Å². The van der Waals surface area contributed by atoms with E-state index in [2.05, 4.69) is 9.84 Å². The van der Waals surface area contributed by atoms with E-state index in [1.165, 1.54) is 34.6 Å². The summed E-state index contributed by atoms with van der Waals surface area (Å²) < 4.78 is 55.9. The maximum Gasteiger partial charge on any atom is 0.430 e. The molecule has 0 aromatic rings. The summed E-state index contributed by atoms with van der Waals surface area (Å²) in [7, 11) is 0. The molecule has 1 aliphatic rings. The minimum atomic E-state index is -5.08. The molecule has 0 aromatic carbocycles. The van der Waals surface area contributed by atoms with Crippen molar-refractivity contribution < 1.29 is 37.0 Å². The van der Waals surface area contributed by atoms with Crippen LogP contribution in [0.25, 0.3) is 0 Å². The molecule has 0 bridgehead atoms.